The molecule has 16 heavy (non-hydrogen) atoms. The first kappa shape index (κ1) is 16.0. The number of hydrogen-bond donors (Lipinski definition) is 0. The van der Waals surface area contributed by atoms with E-state index >= 15 is 0 Å². The van der Waals surface area contributed by atoms with Gasteiger partial charge in [-0.1, -0.05) is 73.6 Å². The van der Waals surface area contributed by atoms with Crippen molar-refractivity contribution in [1.82, 2.24) is 0 Å². The quantitative estimate of drug-likeness (QED) is 0.458. The first-order valence-corrected chi connectivity index (χ1v) is 7.56. The molecule has 0 bridgehead atoms. The zero-order chi connectivity index (χ0) is 12.6. The van der Waals surface area contributed by atoms with Gasteiger partial charge in [0.25, 0.3) is 0 Å². The summed E-state index contributed by atoms with van der Waals surface area (Å²) in [4.78, 5) is 0. The molecule has 98 valence electrons. The molecule has 0 N–H and O–H groups in total. The third-order valence-corrected chi connectivity index (χ3v) is 4.54. The van der Waals surface area contributed by atoms with Crippen molar-refractivity contribution in [2.24, 2.45) is 23.7 Å². The third kappa shape index (κ3) is 5.92. The maximum atomic E-state index is 2.47. The van der Waals surface area contributed by atoms with E-state index < -0.39 is 0 Å². The molecule has 0 saturated heterocycles. The van der Waals surface area contributed by atoms with Gasteiger partial charge in [0, 0.05) is 0 Å². The first-order valence-electron chi connectivity index (χ1n) is 7.56. The summed E-state index contributed by atoms with van der Waals surface area (Å²) in [6, 6.07) is 0. The minimum atomic E-state index is 0.908. The Balaban J connectivity index is 4.20. The van der Waals surface area contributed by atoms with Gasteiger partial charge in [0.15, 0.2) is 0 Å². The van der Waals surface area contributed by atoms with Gasteiger partial charge in [-0.3, -0.25) is 0 Å². The van der Waals surface area contributed by atoms with E-state index in [4.69, 9.17) is 0 Å². The zero-order valence-electron chi connectivity index (χ0n) is 12.6. The van der Waals surface area contributed by atoms with Gasteiger partial charge in [-0.25, -0.2) is 0 Å². The molecular weight excluding hydrogens is 192 g/mol. The lowest BCUT2D eigenvalue weighted by Gasteiger charge is -2.30. The van der Waals surface area contributed by atoms with E-state index in [1.165, 1.54) is 38.5 Å². The van der Waals surface area contributed by atoms with Crippen molar-refractivity contribution in [2.45, 2.75) is 80.1 Å². The Hall–Kier alpha value is 0. The normalized spacial score (nSPS) is 19.1. The van der Waals surface area contributed by atoms with Crippen molar-refractivity contribution in [3.8, 4) is 0 Å². The van der Waals surface area contributed by atoms with Crippen LogP contribution in [0.25, 0.3) is 0 Å². The summed E-state index contributed by atoms with van der Waals surface area (Å²) in [6.45, 7) is 14.3. The SMILES string of the molecule is CCCC(C)C(CCC(C)CC)C(C)CC. The van der Waals surface area contributed by atoms with Crippen molar-refractivity contribution < 1.29 is 0 Å². The number of rotatable bonds is 9. The molecule has 0 saturated carbocycles. The summed E-state index contributed by atoms with van der Waals surface area (Å²) in [5, 5.41) is 0. The molecule has 0 amide bonds. The van der Waals surface area contributed by atoms with E-state index in [0.717, 1.165) is 23.7 Å². The Morgan fingerprint density at radius 1 is 0.688 bits per heavy atom. The van der Waals surface area contributed by atoms with Crippen LogP contribution in [0.2, 0.25) is 0 Å². The molecular formula is C16H34. The summed E-state index contributed by atoms with van der Waals surface area (Å²) in [5.41, 5.74) is 0. The second kappa shape index (κ2) is 9.07. The van der Waals surface area contributed by atoms with E-state index in [9.17, 15) is 0 Å². The van der Waals surface area contributed by atoms with Crippen LogP contribution in [0.3, 0.4) is 0 Å². The third-order valence-electron chi connectivity index (χ3n) is 4.54. The Labute approximate surface area is 104 Å². The minimum absolute atomic E-state index is 0.908. The van der Waals surface area contributed by atoms with Crippen LogP contribution in [0.15, 0.2) is 0 Å². The molecule has 0 aromatic rings. The first-order chi connectivity index (χ1) is 7.56. The molecule has 0 spiro atoms. The van der Waals surface area contributed by atoms with Gasteiger partial charge in [-0.2, -0.15) is 0 Å². The Morgan fingerprint density at radius 3 is 1.75 bits per heavy atom. The molecule has 0 aromatic heterocycles. The Morgan fingerprint density at radius 2 is 1.31 bits per heavy atom. The monoisotopic (exact) mass is 226 g/mol. The van der Waals surface area contributed by atoms with Gasteiger partial charge >= 0.3 is 0 Å². The van der Waals surface area contributed by atoms with E-state index in [1.54, 1.807) is 0 Å². The van der Waals surface area contributed by atoms with Crippen LogP contribution in [0.1, 0.15) is 80.1 Å². The van der Waals surface area contributed by atoms with Gasteiger partial charge in [-0.15, -0.1) is 0 Å². The van der Waals surface area contributed by atoms with Crippen molar-refractivity contribution in [1.29, 1.82) is 0 Å². The van der Waals surface area contributed by atoms with Crippen molar-refractivity contribution in [2.75, 3.05) is 0 Å². The van der Waals surface area contributed by atoms with E-state index in [-0.39, 0.29) is 0 Å². The highest BCUT2D eigenvalue weighted by atomic mass is 14.3. The van der Waals surface area contributed by atoms with Crippen LogP contribution >= 0.6 is 0 Å². The Kier molecular flexibility index (Phi) is 9.07. The van der Waals surface area contributed by atoms with E-state index in [2.05, 4.69) is 41.5 Å². The highest BCUT2D eigenvalue weighted by Crippen LogP contribution is 2.32. The molecule has 0 heteroatoms. The van der Waals surface area contributed by atoms with Crippen LogP contribution in [0.5, 0.6) is 0 Å². The summed E-state index contributed by atoms with van der Waals surface area (Å²) >= 11 is 0. The molecule has 4 unspecified atom stereocenters. The van der Waals surface area contributed by atoms with Gasteiger partial charge in [0.05, 0.1) is 0 Å². The minimum Gasteiger partial charge on any atom is -0.0654 e. The smallest absolute Gasteiger partial charge is 0.0363 e. The average molecular weight is 226 g/mol. The maximum Gasteiger partial charge on any atom is -0.0363 e. The Bertz CT molecular complexity index is 150. The second-order valence-corrected chi connectivity index (χ2v) is 5.91. The standard InChI is InChI=1S/C16H34/c1-7-10-15(6)16(14(5)9-3)12-11-13(4)8-2/h13-16H,7-12H2,1-6H3. The summed E-state index contributed by atoms with van der Waals surface area (Å²) in [5.74, 6) is 3.70. The summed E-state index contributed by atoms with van der Waals surface area (Å²) in [7, 11) is 0. The van der Waals surface area contributed by atoms with Crippen LogP contribution in [-0.4, -0.2) is 0 Å². The molecule has 0 aliphatic carbocycles. The maximum absolute atomic E-state index is 2.47. The summed E-state index contributed by atoms with van der Waals surface area (Å²) < 4.78 is 0. The molecule has 0 aliphatic heterocycles. The average Bonchev–Trinajstić information content (AvgIpc) is 2.28. The lowest BCUT2D eigenvalue weighted by atomic mass is 9.76. The number of hydrogen-bond acceptors (Lipinski definition) is 0. The van der Waals surface area contributed by atoms with Crippen LogP contribution in [-0.2, 0) is 0 Å². The van der Waals surface area contributed by atoms with Crippen molar-refractivity contribution >= 4 is 0 Å². The zero-order valence-corrected chi connectivity index (χ0v) is 12.6. The van der Waals surface area contributed by atoms with Gasteiger partial charge in [-0.05, 0) is 30.1 Å². The molecule has 0 aliphatic rings. The second-order valence-electron chi connectivity index (χ2n) is 5.91. The molecule has 0 radical (unpaired) electrons. The predicted octanol–water partition coefficient (Wildman–Crippen LogP) is 5.91. The van der Waals surface area contributed by atoms with E-state index in [0.29, 0.717) is 0 Å². The summed E-state index contributed by atoms with van der Waals surface area (Å²) in [6.07, 6.45) is 8.33. The van der Waals surface area contributed by atoms with Crippen LogP contribution in [0.4, 0.5) is 0 Å². The molecule has 0 heterocycles. The van der Waals surface area contributed by atoms with E-state index in [1.807, 2.05) is 0 Å². The van der Waals surface area contributed by atoms with Crippen molar-refractivity contribution in [3.05, 3.63) is 0 Å². The van der Waals surface area contributed by atoms with Gasteiger partial charge in [0.2, 0.25) is 0 Å². The molecule has 0 fully saturated rings. The molecule has 0 nitrogen and oxygen atoms in total. The molecule has 0 aromatic carbocycles. The lowest BCUT2D eigenvalue weighted by Crippen LogP contribution is -2.20. The fourth-order valence-electron chi connectivity index (χ4n) is 2.78. The van der Waals surface area contributed by atoms with Crippen molar-refractivity contribution in [3.63, 3.8) is 0 Å². The highest BCUT2D eigenvalue weighted by Gasteiger charge is 2.22. The fourth-order valence-corrected chi connectivity index (χ4v) is 2.78. The van der Waals surface area contributed by atoms with Crippen LogP contribution < -0.4 is 0 Å². The molecule has 0 rings (SSSR count). The topological polar surface area (TPSA) is 0 Å². The molecule has 4 atom stereocenters. The fraction of sp³-hybridized carbons (Fsp3) is 1.00. The highest BCUT2D eigenvalue weighted by molar-refractivity contribution is 4.72. The predicted molar refractivity (Wildman–Crippen MR) is 75.7 cm³/mol. The van der Waals surface area contributed by atoms with Crippen LogP contribution in [0, 0.1) is 23.7 Å². The largest absolute Gasteiger partial charge is 0.0654 e. The lowest BCUT2D eigenvalue weighted by molar-refractivity contribution is 0.207. The van der Waals surface area contributed by atoms with Gasteiger partial charge in [0.1, 0.15) is 0 Å². The van der Waals surface area contributed by atoms with Gasteiger partial charge < -0.3 is 0 Å².